The number of rotatable bonds is 5. The summed E-state index contributed by atoms with van der Waals surface area (Å²) in [5.74, 6) is -0.0536. The van der Waals surface area contributed by atoms with E-state index in [1.165, 1.54) is 6.92 Å². The van der Waals surface area contributed by atoms with Gasteiger partial charge in [-0.3, -0.25) is 0 Å². The van der Waals surface area contributed by atoms with Gasteiger partial charge in [-0.1, -0.05) is 0 Å². The number of aliphatic hydroxyl groups excluding tert-OH is 1. The molecule has 0 aliphatic rings. The van der Waals surface area contributed by atoms with Crippen LogP contribution in [0.15, 0.2) is 0 Å². The predicted molar refractivity (Wildman–Crippen MR) is 38.6 cm³/mol. The molecule has 0 bridgehead atoms. The van der Waals surface area contributed by atoms with Crippen molar-refractivity contribution in [2.45, 2.75) is 19.1 Å². The van der Waals surface area contributed by atoms with Crippen molar-refractivity contribution in [2.75, 3.05) is 11.5 Å². The number of carbonyl (C=O) groups is 1. The number of hydrogen-bond donors (Lipinski definition) is 3. The average Bonchev–Trinajstić information content (AvgIpc) is 1.98. The molecule has 0 aromatic rings. The SMILES string of the molecule is CN[I-]CC(=O)C(N)C(C)O. The Morgan fingerprint density at radius 2 is 2.36 bits per heavy atom. The molecular formula is C6H14IN2O2-. The van der Waals surface area contributed by atoms with Crippen LogP contribution in [0.4, 0.5) is 0 Å². The van der Waals surface area contributed by atoms with Gasteiger partial charge in [-0.05, 0) is 0 Å². The maximum absolute atomic E-state index is 11.0. The first kappa shape index (κ1) is 11.3. The molecule has 68 valence electrons. The van der Waals surface area contributed by atoms with Crippen LogP contribution in [0.5, 0.6) is 0 Å². The minimum atomic E-state index is -0.733. The number of Topliss-reactive ketones (excluding diaryl/α,β-unsaturated/α-hetero) is 1. The molecule has 0 rings (SSSR count). The van der Waals surface area contributed by atoms with E-state index in [-0.39, 0.29) is 27.3 Å². The van der Waals surface area contributed by atoms with Crippen LogP contribution in [0.1, 0.15) is 6.92 Å². The molecule has 4 nitrogen and oxygen atoms in total. The summed E-state index contributed by atoms with van der Waals surface area (Å²) < 4.78 is 3.43. The van der Waals surface area contributed by atoms with Gasteiger partial charge >= 0.3 is 77.0 Å². The number of halogens is 1. The van der Waals surface area contributed by atoms with Crippen LogP contribution in [0.25, 0.3) is 0 Å². The second kappa shape index (κ2) is 5.87. The molecule has 11 heavy (non-hydrogen) atoms. The zero-order chi connectivity index (χ0) is 8.85. The second-order valence-corrected chi connectivity index (χ2v) is 4.79. The van der Waals surface area contributed by atoms with Crippen LogP contribution in [0.2, 0.25) is 0 Å². The first-order valence-corrected chi connectivity index (χ1v) is 5.91. The number of alkyl halides is 1. The number of carbonyl (C=O) groups excluding carboxylic acids is 1. The molecule has 5 heteroatoms. The van der Waals surface area contributed by atoms with Crippen molar-refractivity contribution in [2.24, 2.45) is 5.73 Å². The van der Waals surface area contributed by atoms with Crippen molar-refractivity contribution < 1.29 is 31.4 Å². The normalized spacial score (nSPS) is 16.4. The van der Waals surface area contributed by atoms with Crippen LogP contribution < -0.4 is 30.7 Å². The van der Waals surface area contributed by atoms with E-state index >= 15 is 0 Å². The van der Waals surface area contributed by atoms with E-state index in [0.29, 0.717) is 4.43 Å². The average molecular weight is 273 g/mol. The monoisotopic (exact) mass is 273 g/mol. The Hall–Kier alpha value is 0.280. The quantitative estimate of drug-likeness (QED) is 0.268. The van der Waals surface area contributed by atoms with Crippen LogP contribution in [0, 0.1) is 0 Å². The number of aliphatic hydroxyl groups is 1. The molecule has 0 aromatic heterocycles. The molecule has 0 spiro atoms. The molecule has 0 aliphatic heterocycles. The molecule has 0 fully saturated rings. The molecule has 0 heterocycles. The standard InChI is InChI=1S/C6H14IN2O2/c1-4(10)6(8)5(11)3-7-9-2/h4,6,9-10H,3,8H2,1-2H3/q-1. The van der Waals surface area contributed by atoms with Gasteiger partial charge in [0.05, 0.1) is 0 Å². The van der Waals surface area contributed by atoms with Crippen molar-refractivity contribution in [3.8, 4) is 0 Å². The van der Waals surface area contributed by atoms with E-state index in [1.54, 1.807) is 0 Å². The number of nitrogens with one attached hydrogen (secondary N) is 1. The van der Waals surface area contributed by atoms with Gasteiger partial charge in [0, 0.05) is 0 Å². The summed E-state index contributed by atoms with van der Waals surface area (Å²) in [4.78, 5) is 11.0. The fourth-order valence-electron chi connectivity index (χ4n) is 0.491. The Kier molecular flexibility index (Phi) is 6.02. The van der Waals surface area contributed by atoms with Gasteiger partial charge in [-0.25, -0.2) is 0 Å². The molecule has 0 saturated heterocycles. The van der Waals surface area contributed by atoms with Gasteiger partial charge in [0.1, 0.15) is 0 Å². The van der Waals surface area contributed by atoms with Gasteiger partial charge in [0.15, 0.2) is 0 Å². The summed E-state index contributed by atoms with van der Waals surface area (Å²) in [6, 6.07) is -0.706. The molecule has 0 aliphatic carbocycles. The maximum atomic E-state index is 11.0. The number of ketones is 1. The fraction of sp³-hybridized carbons (Fsp3) is 0.833. The molecule has 0 aromatic carbocycles. The van der Waals surface area contributed by atoms with Crippen LogP contribution in [-0.4, -0.2) is 34.5 Å². The molecule has 0 radical (unpaired) electrons. The summed E-state index contributed by atoms with van der Waals surface area (Å²) in [5.41, 5.74) is 5.39. The number of hydrogen-bond acceptors (Lipinski definition) is 4. The molecule has 0 saturated carbocycles. The third-order valence-corrected chi connectivity index (χ3v) is 3.12. The van der Waals surface area contributed by atoms with Crippen molar-refractivity contribution in [3.63, 3.8) is 0 Å². The van der Waals surface area contributed by atoms with Gasteiger partial charge < -0.3 is 0 Å². The zero-order valence-corrected chi connectivity index (χ0v) is 8.83. The Balaban J connectivity index is 3.64. The summed E-state index contributed by atoms with van der Waals surface area (Å²) in [6.45, 7) is 1.53. The molecule has 2 unspecified atom stereocenters. The Labute approximate surface area is 77.2 Å². The third kappa shape index (κ3) is 4.67. The van der Waals surface area contributed by atoms with Crippen molar-refractivity contribution >= 4 is 5.78 Å². The molecular weight excluding hydrogens is 259 g/mol. The molecule has 0 amide bonds. The Bertz CT molecular complexity index is 130. The summed E-state index contributed by atoms with van der Waals surface area (Å²) >= 11 is -0.262. The molecule has 2 atom stereocenters. The van der Waals surface area contributed by atoms with E-state index in [0.717, 1.165) is 0 Å². The summed E-state index contributed by atoms with van der Waals surface area (Å²) in [7, 11) is 1.81. The number of nitrogens with two attached hydrogens (primary N) is 1. The zero-order valence-electron chi connectivity index (χ0n) is 6.67. The van der Waals surface area contributed by atoms with Gasteiger partial charge in [0.2, 0.25) is 0 Å². The van der Waals surface area contributed by atoms with Gasteiger partial charge in [-0.15, -0.1) is 0 Å². The predicted octanol–water partition coefficient (Wildman–Crippen LogP) is -4.51. The van der Waals surface area contributed by atoms with E-state index in [2.05, 4.69) is 3.53 Å². The fourth-order valence-corrected chi connectivity index (χ4v) is 1.76. The second-order valence-electron chi connectivity index (χ2n) is 2.19. The van der Waals surface area contributed by atoms with E-state index < -0.39 is 12.1 Å². The summed E-state index contributed by atoms with van der Waals surface area (Å²) in [6.07, 6.45) is -0.733. The van der Waals surface area contributed by atoms with Gasteiger partial charge in [-0.2, -0.15) is 0 Å². The molecule has 4 N–H and O–H groups in total. The van der Waals surface area contributed by atoms with Gasteiger partial charge in [0.25, 0.3) is 0 Å². The third-order valence-electron chi connectivity index (χ3n) is 1.22. The van der Waals surface area contributed by atoms with Crippen LogP contribution in [0.3, 0.4) is 0 Å². The minimum absolute atomic E-state index is 0.0536. The van der Waals surface area contributed by atoms with Crippen LogP contribution >= 0.6 is 0 Å². The van der Waals surface area contributed by atoms with Crippen molar-refractivity contribution in [1.29, 1.82) is 0 Å². The first-order chi connectivity index (χ1) is 5.09. The van der Waals surface area contributed by atoms with Crippen LogP contribution in [-0.2, 0) is 4.79 Å². The summed E-state index contributed by atoms with van der Waals surface area (Å²) in [5, 5.41) is 8.94. The van der Waals surface area contributed by atoms with Crippen molar-refractivity contribution in [1.82, 2.24) is 3.53 Å². The van der Waals surface area contributed by atoms with E-state index in [4.69, 9.17) is 10.8 Å². The van der Waals surface area contributed by atoms with Crippen molar-refractivity contribution in [3.05, 3.63) is 0 Å². The topological polar surface area (TPSA) is 75.4 Å². The Morgan fingerprint density at radius 1 is 1.82 bits per heavy atom. The first-order valence-electron chi connectivity index (χ1n) is 3.30. The van der Waals surface area contributed by atoms with E-state index in [9.17, 15) is 4.79 Å². The van der Waals surface area contributed by atoms with E-state index in [1.807, 2.05) is 7.05 Å². The Morgan fingerprint density at radius 3 is 2.73 bits per heavy atom.